The van der Waals surface area contributed by atoms with Crippen molar-refractivity contribution in [1.29, 1.82) is 5.26 Å². The number of amides is 3. The van der Waals surface area contributed by atoms with Crippen LogP contribution >= 0.6 is 22.9 Å². The summed E-state index contributed by atoms with van der Waals surface area (Å²) in [7, 11) is 0. The van der Waals surface area contributed by atoms with Crippen LogP contribution in [0.4, 0.5) is 5.69 Å². The van der Waals surface area contributed by atoms with Gasteiger partial charge in [0.1, 0.15) is 30.6 Å². The third kappa shape index (κ3) is 12.3. The van der Waals surface area contributed by atoms with Crippen molar-refractivity contribution in [3.8, 4) is 22.3 Å². The molecule has 364 valence electrons. The van der Waals surface area contributed by atoms with E-state index in [0.29, 0.717) is 35.1 Å². The molecule has 0 spiro atoms. The Hall–Kier alpha value is -5.33. The van der Waals surface area contributed by atoms with Gasteiger partial charge in [-0.25, -0.2) is 4.98 Å². The lowest BCUT2D eigenvalue weighted by Gasteiger charge is -2.63. The first-order chi connectivity index (χ1) is 32.1. The molecule has 6 rings (SSSR count). The fourth-order valence-corrected chi connectivity index (χ4v) is 11.0. The minimum absolute atomic E-state index is 0.0265. The van der Waals surface area contributed by atoms with E-state index in [1.807, 2.05) is 76.5 Å². The Bertz CT molecular complexity index is 2440. The third-order valence-electron chi connectivity index (χ3n) is 13.5. The maximum Gasteiger partial charge on any atom is 0.251 e. The molecule has 0 bridgehead atoms. The molecule has 15 heteroatoms. The molecular weight excluding hydrogens is 900 g/mol. The summed E-state index contributed by atoms with van der Waals surface area (Å²) in [4.78, 5) is 61.2. The van der Waals surface area contributed by atoms with Gasteiger partial charge in [0.2, 0.25) is 11.8 Å². The number of carbonyl (C=O) groups is 4. The number of anilines is 1. The van der Waals surface area contributed by atoms with Gasteiger partial charge in [0.25, 0.3) is 5.91 Å². The number of unbranched alkanes of at least 4 members (excludes halogenated alkanes) is 2. The molecule has 2 fully saturated rings. The number of ketones is 1. The van der Waals surface area contributed by atoms with Crippen LogP contribution in [0.2, 0.25) is 5.02 Å². The summed E-state index contributed by atoms with van der Waals surface area (Å²) in [6, 6.07) is 20.8. The van der Waals surface area contributed by atoms with E-state index < -0.39 is 35.4 Å². The number of Topliss-reactive ketones (excluding diaryl/α,β-unsaturated/α-hetero) is 1. The van der Waals surface area contributed by atoms with Gasteiger partial charge in [0.05, 0.1) is 38.8 Å². The van der Waals surface area contributed by atoms with Crippen molar-refractivity contribution in [1.82, 2.24) is 20.5 Å². The zero-order chi connectivity index (χ0) is 49.6. The average Bonchev–Trinajstić information content (AvgIpc) is 3.91. The van der Waals surface area contributed by atoms with Crippen molar-refractivity contribution in [2.45, 2.75) is 131 Å². The van der Waals surface area contributed by atoms with Crippen molar-refractivity contribution in [3.05, 3.63) is 99.6 Å². The van der Waals surface area contributed by atoms with Crippen LogP contribution in [-0.4, -0.2) is 95.1 Å². The van der Waals surface area contributed by atoms with Gasteiger partial charge in [-0.1, -0.05) is 91.3 Å². The van der Waals surface area contributed by atoms with E-state index in [2.05, 4.69) is 54.7 Å². The first kappa shape index (κ1) is 52.0. The Labute approximate surface area is 410 Å². The second-order valence-electron chi connectivity index (χ2n) is 20.6. The van der Waals surface area contributed by atoms with Crippen LogP contribution in [0.1, 0.15) is 121 Å². The molecule has 1 aromatic heterocycles. The molecule has 4 N–H and O–H groups in total. The number of nitrogens with one attached hydrogen (secondary N) is 3. The third-order valence-corrected chi connectivity index (χ3v) is 14.7. The number of benzene rings is 3. The van der Waals surface area contributed by atoms with Crippen molar-refractivity contribution >= 4 is 52.1 Å². The number of halogens is 1. The second kappa shape index (κ2) is 22.0. The lowest BCUT2D eigenvalue weighted by Crippen LogP contribution is -2.74. The van der Waals surface area contributed by atoms with Gasteiger partial charge >= 0.3 is 0 Å². The van der Waals surface area contributed by atoms with E-state index >= 15 is 0 Å². The molecule has 13 nitrogen and oxygen atoms in total. The fourth-order valence-electron chi connectivity index (χ4n) is 9.93. The van der Waals surface area contributed by atoms with Crippen LogP contribution in [0.15, 0.2) is 72.2 Å². The monoisotopic (exact) mass is 966 g/mol. The van der Waals surface area contributed by atoms with E-state index in [4.69, 9.17) is 21.1 Å². The maximum absolute atomic E-state index is 14.1. The highest BCUT2D eigenvalue weighted by Crippen LogP contribution is 2.55. The van der Waals surface area contributed by atoms with Crippen molar-refractivity contribution in [2.75, 3.05) is 31.6 Å². The molecule has 2 aliphatic rings. The number of rotatable bonds is 20. The molecular formula is C53H67ClN6O7S. The quantitative estimate of drug-likeness (QED) is 0.0624. The topological polar surface area (TPSA) is 183 Å². The van der Waals surface area contributed by atoms with Gasteiger partial charge in [-0.3, -0.25) is 19.2 Å². The number of nitrogens with zero attached hydrogens (tertiary/aromatic N) is 3. The Kier molecular flexibility index (Phi) is 16.8. The Balaban J connectivity index is 0.887. The predicted molar refractivity (Wildman–Crippen MR) is 267 cm³/mol. The van der Waals surface area contributed by atoms with Crippen LogP contribution in [-0.2, 0) is 19.1 Å². The van der Waals surface area contributed by atoms with Gasteiger partial charge < -0.3 is 35.4 Å². The Morgan fingerprint density at radius 1 is 1.00 bits per heavy atom. The number of ether oxygens (including phenoxy) is 2. The molecule has 4 aromatic rings. The summed E-state index contributed by atoms with van der Waals surface area (Å²) in [5, 5.41) is 29.7. The van der Waals surface area contributed by atoms with Gasteiger partial charge in [0.15, 0.2) is 5.78 Å². The molecule has 1 aliphatic carbocycles. The number of carbonyl (C=O) groups excluding carboxylic acids is 4. The van der Waals surface area contributed by atoms with Crippen molar-refractivity contribution < 1.29 is 33.8 Å². The number of aromatic nitrogens is 1. The number of thiazole rings is 1. The Morgan fingerprint density at radius 2 is 1.69 bits per heavy atom. The van der Waals surface area contributed by atoms with Gasteiger partial charge in [-0.15, -0.1) is 11.3 Å². The number of hydrogen-bond acceptors (Lipinski definition) is 11. The molecule has 1 saturated heterocycles. The van der Waals surface area contributed by atoms with Crippen LogP contribution in [0.25, 0.3) is 10.4 Å². The van der Waals surface area contributed by atoms with Gasteiger partial charge in [-0.2, -0.15) is 5.26 Å². The number of aryl methyl sites for hydroxylation is 1. The van der Waals surface area contributed by atoms with E-state index in [0.717, 1.165) is 46.6 Å². The summed E-state index contributed by atoms with van der Waals surface area (Å²) in [6.07, 6.45) is 1.79. The molecule has 4 atom stereocenters. The molecule has 3 aromatic carbocycles. The minimum atomic E-state index is -0.924. The molecule has 0 radical (unpaired) electrons. The normalized spacial score (nSPS) is 20.4. The van der Waals surface area contributed by atoms with Crippen LogP contribution < -0.4 is 20.7 Å². The van der Waals surface area contributed by atoms with E-state index in [9.17, 15) is 29.5 Å². The van der Waals surface area contributed by atoms with E-state index in [1.54, 1.807) is 41.7 Å². The van der Waals surface area contributed by atoms with Crippen LogP contribution in [0.5, 0.6) is 5.75 Å². The smallest absolute Gasteiger partial charge is 0.251 e. The van der Waals surface area contributed by atoms with Gasteiger partial charge in [-0.05, 0) is 85.0 Å². The number of aliphatic hydroxyl groups excluding tert-OH is 1. The maximum atomic E-state index is 14.1. The van der Waals surface area contributed by atoms with E-state index in [-0.39, 0.29) is 66.6 Å². The molecule has 2 heterocycles. The first-order valence-corrected chi connectivity index (χ1v) is 24.8. The average molecular weight is 968 g/mol. The zero-order valence-corrected chi connectivity index (χ0v) is 42.4. The summed E-state index contributed by atoms with van der Waals surface area (Å²) in [5.41, 5.74) is 5.31. The standard InChI is InChI=1S/C53H67ClN6O7S/c1-32(34-13-15-35(16-14-34)45-33(2)57-31-68-45)25-43(62)42-26-39(61)29-60(42)48(65)46(51(3,4)5)58-44(63)30-66-24-12-10-11-23-56-38-20-17-36(18-21-38)47(64)59-49-52(6,7)50(53(49,8)9)67-40-22-19-37(28-55)41(54)27-40/h13-22,27,31-32,39,42,46,49-50,56,61H,10-12,23-26,29-30H2,1-9H3,(H,58,63)(H,59,64)/t32-,39+,42+,46-,49?,50?/m1/s1. The van der Waals surface area contributed by atoms with Crippen molar-refractivity contribution in [3.63, 3.8) is 0 Å². The molecule has 3 amide bonds. The first-order valence-electron chi connectivity index (χ1n) is 23.5. The lowest BCUT2D eigenvalue weighted by atomic mass is 9.49. The number of hydrogen-bond donors (Lipinski definition) is 4. The highest BCUT2D eigenvalue weighted by Gasteiger charge is 2.64. The lowest BCUT2D eigenvalue weighted by molar-refractivity contribution is -0.164. The summed E-state index contributed by atoms with van der Waals surface area (Å²) in [6.45, 7) is 18.7. The fraction of sp³-hybridized carbons (Fsp3) is 0.509. The minimum Gasteiger partial charge on any atom is -0.489 e. The molecule has 68 heavy (non-hydrogen) atoms. The molecule has 1 saturated carbocycles. The summed E-state index contributed by atoms with van der Waals surface area (Å²) >= 11 is 7.83. The van der Waals surface area contributed by atoms with Crippen molar-refractivity contribution in [2.24, 2.45) is 16.2 Å². The largest absolute Gasteiger partial charge is 0.489 e. The SMILES string of the molecule is Cc1ncsc1-c1ccc([C@H](C)CC(=O)[C@@H]2C[C@H](O)CN2C(=O)[C@@H](NC(=O)COCCCCCNc2ccc(C(=O)NC3C(C)(C)C(Oc4ccc(C#N)c(Cl)c4)C3(C)C)cc2)C(C)(C)C)cc1. The number of β-amino-alcohol motifs (C(OH)–C–C–N with tert-alkyl or cyclic N) is 1. The highest BCUT2D eigenvalue weighted by molar-refractivity contribution is 7.13. The van der Waals surface area contributed by atoms with Crippen LogP contribution in [0, 0.1) is 34.5 Å². The predicted octanol–water partition coefficient (Wildman–Crippen LogP) is 9.11. The second-order valence-corrected chi connectivity index (χ2v) is 21.9. The number of nitriles is 1. The van der Waals surface area contributed by atoms with E-state index in [1.165, 1.54) is 4.90 Å². The summed E-state index contributed by atoms with van der Waals surface area (Å²) in [5.74, 6) is -0.608. The zero-order valence-electron chi connectivity index (χ0n) is 40.8. The molecule has 1 aliphatic heterocycles. The highest BCUT2D eigenvalue weighted by atomic mass is 35.5. The number of likely N-dealkylation sites (tertiary alicyclic amines) is 1. The summed E-state index contributed by atoms with van der Waals surface area (Å²) < 4.78 is 12.1. The number of aliphatic hydroxyl groups is 1. The molecule has 0 unspecified atom stereocenters. The Morgan fingerprint density at radius 3 is 2.31 bits per heavy atom. The van der Waals surface area contributed by atoms with Crippen LogP contribution in [0.3, 0.4) is 0 Å². The van der Waals surface area contributed by atoms with Gasteiger partial charge in [0, 0.05) is 66.7 Å².